The number of aromatic nitrogens is 1. The van der Waals surface area contributed by atoms with E-state index in [1.165, 1.54) is 28.0 Å². The second-order valence-corrected chi connectivity index (χ2v) is 9.28. The van der Waals surface area contributed by atoms with Gasteiger partial charge in [-0.15, -0.1) is 0 Å². The van der Waals surface area contributed by atoms with Crippen LogP contribution in [-0.4, -0.2) is 11.7 Å². The number of hydrogen-bond donors (Lipinski definition) is 0. The number of hydrogen-bond acceptors (Lipinski definition) is 4. The molecule has 0 fully saturated rings. The number of rotatable bonds is 3. The molecule has 6 rings (SSSR count). The molecule has 0 bridgehead atoms. The van der Waals surface area contributed by atoms with E-state index in [9.17, 15) is 4.79 Å². The Balaban J connectivity index is 1.63. The fourth-order valence-electron chi connectivity index (χ4n) is 4.88. The van der Waals surface area contributed by atoms with Crippen LogP contribution in [0.3, 0.4) is 0 Å². The summed E-state index contributed by atoms with van der Waals surface area (Å²) in [5, 5.41) is 0. The van der Waals surface area contributed by atoms with Crippen LogP contribution in [0.15, 0.2) is 94.2 Å². The zero-order chi connectivity index (χ0) is 22.4. The van der Waals surface area contributed by atoms with Crippen molar-refractivity contribution in [1.29, 1.82) is 0 Å². The van der Waals surface area contributed by atoms with Crippen molar-refractivity contribution >= 4 is 23.1 Å². The van der Waals surface area contributed by atoms with Crippen LogP contribution in [0.5, 0.6) is 5.75 Å². The van der Waals surface area contributed by atoms with Crippen molar-refractivity contribution in [3.05, 3.63) is 126 Å². The Hall–Kier alpha value is -3.70. The Morgan fingerprint density at radius 1 is 0.970 bits per heavy atom. The summed E-state index contributed by atoms with van der Waals surface area (Å²) in [5.41, 5.74) is 6.73. The first-order valence-electron chi connectivity index (χ1n) is 11.1. The molecule has 2 heterocycles. The van der Waals surface area contributed by atoms with E-state index in [-0.39, 0.29) is 11.6 Å². The number of allylic oxidation sites excluding steroid dienone is 1. The fraction of sp³-hybridized carbons (Fsp3) is 0.143. The molecule has 0 saturated carbocycles. The molecule has 3 aromatic carbocycles. The van der Waals surface area contributed by atoms with Gasteiger partial charge in [-0.25, -0.2) is 4.99 Å². The van der Waals surface area contributed by atoms with E-state index >= 15 is 0 Å². The van der Waals surface area contributed by atoms with Crippen molar-refractivity contribution in [2.24, 2.45) is 4.99 Å². The predicted octanol–water partition coefficient (Wildman–Crippen LogP) is 4.33. The first-order valence-corrected chi connectivity index (χ1v) is 11.9. The average Bonchev–Trinajstić information content (AvgIpc) is 3.18. The minimum atomic E-state index is -0.148. The van der Waals surface area contributed by atoms with E-state index in [2.05, 4.69) is 36.4 Å². The van der Waals surface area contributed by atoms with Crippen LogP contribution < -0.4 is 19.6 Å². The highest BCUT2D eigenvalue weighted by Crippen LogP contribution is 2.41. The summed E-state index contributed by atoms with van der Waals surface area (Å²) in [6.45, 7) is 0. The monoisotopic (exact) mass is 450 g/mol. The lowest BCUT2D eigenvalue weighted by Gasteiger charge is -2.30. The van der Waals surface area contributed by atoms with Gasteiger partial charge >= 0.3 is 0 Å². The first-order chi connectivity index (χ1) is 16.2. The SMILES string of the molecule is COc1ccccc1/C=c1\sc2n(c1=O)[C@@H](c1ccccc1)C1=C(N=2)c2ccccc2CC1. The van der Waals surface area contributed by atoms with Crippen molar-refractivity contribution < 1.29 is 4.74 Å². The third-order valence-electron chi connectivity index (χ3n) is 6.41. The van der Waals surface area contributed by atoms with Gasteiger partial charge in [-0.1, -0.05) is 84.1 Å². The van der Waals surface area contributed by atoms with Gasteiger partial charge in [0.1, 0.15) is 5.75 Å². The molecular weight excluding hydrogens is 428 g/mol. The summed E-state index contributed by atoms with van der Waals surface area (Å²) < 4.78 is 8.04. The molecule has 33 heavy (non-hydrogen) atoms. The molecule has 0 saturated heterocycles. The number of nitrogens with zero attached hydrogens (tertiary/aromatic N) is 2. The van der Waals surface area contributed by atoms with Gasteiger partial charge in [-0.3, -0.25) is 9.36 Å². The van der Waals surface area contributed by atoms with Gasteiger partial charge in [0.05, 0.1) is 23.4 Å². The van der Waals surface area contributed by atoms with Gasteiger partial charge < -0.3 is 4.74 Å². The normalized spacial score (nSPS) is 17.1. The van der Waals surface area contributed by atoms with Crippen LogP contribution in [0.25, 0.3) is 11.8 Å². The Morgan fingerprint density at radius 2 is 1.73 bits per heavy atom. The largest absolute Gasteiger partial charge is 0.496 e. The lowest BCUT2D eigenvalue weighted by Crippen LogP contribution is -2.38. The molecule has 0 unspecified atom stereocenters. The zero-order valence-electron chi connectivity index (χ0n) is 18.2. The van der Waals surface area contributed by atoms with Gasteiger partial charge in [0.15, 0.2) is 4.80 Å². The number of fused-ring (bicyclic) bond motifs is 3. The maximum atomic E-state index is 13.7. The van der Waals surface area contributed by atoms with Crippen LogP contribution in [0.4, 0.5) is 0 Å². The number of para-hydroxylation sites is 1. The topological polar surface area (TPSA) is 43.6 Å². The fourth-order valence-corrected chi connectivity index (χ4v) is 5.88. The molecule has 1 aliphatic carbocycles. The van der Waals surface area contributed by atoms with Crippen LogP contribution in [0.1, 0.15) is 34.7 Å². The predicted molar refractivity (Wildman–Crippen MR) is 132 cm³/mol. The first kappa shape index (κ1) is 19.9. The Kier molecular flexibility index (Phi) is 4.84. The quantitative estimate of drug-likeness (QED) is 0.466. The van der Waals surface area contributed by atoms with Gasteiger partial charge in [0.2, 0.25) is 0 Å². The van der Waals surface area contributed by atoms with E-state index in [1.54, 1.807) is 7.11 Å². The Bertz CT molecular complexity index is 1580. The Morgan fingerprint density at radius 3 is 2.58 bits per heavy atom. The molecule has 1 aliphatic heterocycles. The van der Waals surface area contributed by atoms with Crippen molar-refractivity contribution in [2.45, 2.75) is 18.9 Å². The maximum Gasteiger partial charge on any atom is 0.271 e. The summed E-state index contributed by atoms with van der Waals surface area (Å²) in [4.78, 5) is 19.5. The van der Waals surface area contributed by atoms with Crippen molar-refractivity contribution in [3.8, 4) is 5.75 Å². The van der Waals surface area contributed by atoms with Gasteiger partial charge in [0, 0.05) is 11.1 Å². The zero-order valence-corrected chi connectivity index (χ0v) is 19.0. The van der Waals surface area contributed by atoms with Crippen LogP contribution in [-0.2, 0) is 6.42 Å². The number of aryl methyl sites for hydroxylation is 1. The molecular formula is C28H22N2O2S. The molecule has 1 aromatic heterocycles. The highest BCUT2D eigenvalue weighted by atomic mass is 32.1. The highest BCUT2D eigenvalue weighted by molar-refractivity contribution is 7.07. The van der Waals surface area contributed by atoms with E-state index in [0.29, 0.717) is 4.53 Å². The summed E-state index contributed by atoms with van der Waals surface area (Å²) in [6.07, 6.45) is 3.77. The Labute approximate surface area is 195 Å². The molecule has 0 spiro atoms. The van der Waals surface area contributed by atoms with Crippen LogP contribution >= 0.6 is 11.3 Å². The third-order valence-corrected chi connectivity index (χ3v) is 7.40. The third kappa shape index (κ3) is 3.28. The van der Waals surface area contributed by atoms with E-state index in [4.69, 9.17) is 9.73 Å². The summed E-state index contributed by atoms with van der Waals surface area (Å²) in [5.74, 6) is 0.746. The summed E-state index contributed by atoms with van der Waals surface area (Å²) >= 11 is 1.44. The molecule has 0 amide bonds. The molecule has 1 atom stereocenters. The minimum absolute atomic E-state index is 0.0103. The summed E-state index contributed by atoms with van der Waals surface area (Å²) in [6, 6.07) is 26.4. The summed E-state index contributed by atoms with van der Waals surface area (Å²) in [7, 11) is 1.65. The number of methoxy groups -OCH3 is 1. The molecule has 2 aliphatic rings. The number of benzene rings is 3. The molecule has 4 aromatic rings. The van der Waals surface area contributed by atoms with E-state index in [1.807, 2.05) is 53.1 Å². The van der Waals surface area contributed by atoms with Crippen molar-refractivity contribution in [2.75, 3.05) is 7.11 Å². The van der Waals surface area contributed by atoms with Gasteiger partial charge in [0.25, 0.3) is 5.56 Å². The van der Waals surface area contributed by atoms with Gasteiger partial charge in [-0.2, -0.15) is 0 Å². The molecule has 0 radical (unpaired) electrons. The van der Waals surface area contributed by atoms with Gasteiger partial charge in [-0.05, 0) is 41.7 Å². The molecule has 0 N–H and O–H groups in total. The number of ether oxygens (including phenoxy) is 1. The molecule has 4 nitrogen and oxygen atoms in total. The average molecular weight is 451 g/mol. The highest BCUT2D eigenvalue weighted by Gasteiger charge is 2.32. The van der Waals surface area contributed by atoms with E-state index in [0.717, 1.165) is 40.2 Å². The number of thiazole rings is 1. The molecule has 5 heteroatoms. The second kappa shape index (κ2) is 8.01. The van der Waals surface area contributed by atoms with Crippen LogP contribution in [0, 0.1) is 0 Å². The van der Waals surface area contributed by atoms with E-state index < -0.39 is 0 Å². The maximum absolute atomic E-state index is 13.7. The van der Waals surface area contributed by atoms with Crippen molar-refractivity contribution in [3.63, 3.8) is 0 Å². The lowest BCUT2D eigenvalue weighted by molar-refractivity contribution is 0.414. The smallest absolute Gasteiger partial charge is 0.271 e. The van der Waals surface area contributed by atoms with Crippen LogP contribution in [0.2, 0.25) is 0 Å². The second-order valence-electron chi connectivity index (χ2n) is 8.27. The minimum Gasteiger partial charge on any atom is -0.496 e. The van der Waals surface area contributed by atoms with Crippen molar-refractivity contribution in [1.82, 2.24) is 4.57 Å². The standard InChI is InChI=1S/C28H22N2O2S/c1-32-23-14-8-6-12-20(23)17-24-27(31)30-26(19-10-3-2-4-11-19)22-16-15-18-9-5-7-13-21(18)25(22)29-28(30)33-24/h2-14,17,26H,15-16H2,1H3/b24-17-/t26-/m0/s1. The lowest BCUT2D eigenvalue weighted by atomic mass is 9.83. The molecule has 162 valence electrons.